The molecule has 782 valence electrons. The van der Waals surface area contributed by atoms with Gasteiger partial charge in [-0.1, -0.05) is 18.2 Å². The van der Waals surface area contributed by atoms with Crippen molar-refractivity contribution < 1.29 is 103 Å². The van der Waals surface area contributed by atoms with Crippen LogP contribution in [0, 0.1) is 92.7 Å². The van der Waals surface area contributed by atoms with Gasteiger partial charge in [-0.2, -0.15) is 9.59 Å². The molecule has 0 spiro atoms. The topological polar surface area (TPSA) is 278 Å². The molecule has 11 aromatic carbocycles. The fourth-order valence-electron chi connectivity index (χ4n) is 14.1. The lowest BCUT2D eigenvalue weighted by Gasteiger charge is -2.26. The number of likely N-dealkylation sites (tertiary alicyclic amines) is 1. The summed E-state index contributed by atoms with van der Waals surface area (Å²) in [5.41, 5.74) is 13.1. The molecule has 2 aliphatic heterocycles. The molecular weight excluding hydrogens is 4220 g/mol. The maximum atomic E-state index is 12.5. The van der Waals surface area contributed by atoms with E-state index in [4.69, 9.17) is 42.6 Å². The van der Waals surface area contributed by atoms with Crippen molar-refractivity contribution in [3.8, 4) is 34.5 Å². The van der Waals surface area contributed by atoms with Crippen LogP contribution >= 0.6 is 474 Å². The number of halogens is 21. The predicted molar refractivity (Wildman–Crippen MR) is 753 cm³/mol. The molecule has 1 saturated carbocycles. The Kier molecular flexibility index (Phi) is 61.4. The van der Waals surface area contributed by atoms with Crippen LogP contribution in [0.1, 0.15) is 125 Å². The number of hydrogen-bond acceptors (Lipinski definition) is 14. The van der Waals surface area contributed by atoms with Gasteiger partial charge in [0.2, 0.25) is 0 Å². The Morgan fingerprint density at radius 1 is 0.414 bits per heavy atom. The van der Waals surface area contributed by atoms with E-state index < -0.39 is 23.3 Å². The van der Waals surface area contributed by atoms with E-state index in [1.807, 2.05) is 96.1 Å². The maximum Gasteiger partial charge on any atom is 0.518 e. The number of carbonyl (C=O) groups excluding carboxylic acids is 5. The summed E-state index contributed by atoms with van der Waals surface area (Å²) < 4.78 is 75.4. The van der Waals surface area contributed by atoms with Crippen LogP contribution in [0.4, 0.5) is 26.7 Å². The summed E-state index contributed by atoms with van der Waals surface area (Å²) >= 11 is 47.9. The number of fused-ring (bicyclic) bond motifs is 1. The van der Waals surface area contributed by atoms with Gasteiger partial charge in [0.1, 0.15) is 77.6 Å². The quantitative estimate of drug-likeness (QED) is 0.00700. The van der Waals surface area contributed by atoms with Gasteiger partial charge in [0.05, 0.1) is 134 Å². The van der Waals surface area contributed by atoms with Gasteiger partial charge in [-0.25, -0.2) is 20.2 Å². The van der Waals surface area contributed by atoms with E-state index in [9.17, 15) is 24.0 Å². The molecule has 0 aromatic heterocycles. The minimum absolute atomic E-state index is 0.107. The first-order chi connectivity index (χ1) is 68.2. The summed E-state index contributed by atoms with van der Waals surface area (Å²) in [6.45, 7) is 20.3. The largest absolute Gasteiger partial charge is 0.518 e. The SMILES string of the molecule is CC(C)(C)OC(=O)[NH2+]C1CCC(C(=O)Oc2c(I)cc(I)cc2I)CC1.CC(C)(C)OC(=O)[NH2+]c1ccc(C(=O)Oc2c(I)cc(I)cc2I)cc1.C[N+](C)(C)CCOC(=O)c1c(I)ccc(I)c1I.C[NH+]1CCC(COc2c(I)cc(I)cc2I)CC1.Ic1cc(I)c(OCC2CC[NH2+]CC2)c(I)c1.[NH3+]c1ccc(COc2c(I)cc(I)cc2I)c2ccccc12.[NH3+]c1ccc(COc2c(I)cc(I)cc2I)cc1. The van der Waals surface area contributed by atoms with Crippen LogP contribution in [0.5, 0.6) is 34.5 Å². The number of quaternary nitrogens is 7. The Bertz CT molecular complexity index is 6100. The molecule has 21 nitrogen and oxygen atoms in total. The Balaban J connectivity index is 0.000000208. The molecule has 145 heavy (non-hydrogen) atoms. The standard InChI is InChI=1S/C18H22I3NO4.C18H16I3NO4.C17H12I3NO.C13H16I3NO.C13H10I3NO.C12H15I3NO2.C12H14I3NO/c2*1-18(2,3)26-17(24)22-12-6-4-10(5-7-12)16(23)25-15-13(20)8-11(19)9-14(15)21;18-11-7-14(19)17(15(20)8-11)22-9-10-5-6-16(21)13-4-2-1-3-12(10)13;1-17-4-2-9(3-5-17)8-18-13-11(15)6-10(14)7-12(13)16;14-9-5-11(15)13(12(16)6-9)18-7-8-1-3-10(17)4-2-8;1-16(2,3)6-7-18-12(17)10-8(13)4-5-9(14)11(10)15;13-9-5-10(14)12(11(15)6-9)17-7-8-1-3-16-4-2-8/h8-10,12H,4-7H2,1-3H3,(H,22,24);4-9H,1-3H3,(H,22,24);1-8H,9,21H2;6-7,9H,2-5,8H2,1H3;1-6H,7,17H2;4-5H,6-7H2,1-3H3;5-6,8,16H,1-4,7H2/q;;;;;+1;/p+6. The highest BCUT2D eigenvalue weighted by Gasteiger charge is 2.34. The highest BCUT2D eigenvalue weighted by atomic mass is 127. The summed E-state index contributed by atoms with van der Waals surface area (Å²) in [6, 6.07) is 56.5. The van der Waals surface area contributed by atoms with Crippen LogP contribution in [0.25, 0.3) is 10.8 Å². The number of nitrogens with one attached hydrogen (secondary N) is 1. The number of ether oxygens (including phenoxy) is 9. The van der Waals surface area contributed by atoms with Crippen molar-refractivity contribution in [2.24, 2.45) is 17.8 Å². The number of likely N-dealkylation sites (N-methyl/N-ethyl adjacent to an activating group) is 1. The lowest BCUT2D eigenvalue weighted by atomic mass is 9.86. The zero-order chi connectivity index (χ0) is 107. The van der Waals surface area contributed by atoms with Crippen molar-refractivity contribution in [1.82, 2.24) is 0 Å². The normalized spacial score (nSPS) is 15.0. The van der Waals surface area contributed by atoms with Crippen LogP contribution in [0.2, 0.25) is 0 Å². The fourth-order valence-corrected chi connectivity index (χ4v) is 39.6. The van der Waals surface area contributed by atoms with Crippen molar-refractivity contribution >= 4 is 532 Å². The predicted octanol–water partition coefficient (Wildman–Crippen LogP) is 27.4. The minimum Gasteiger partial charge on any atom is -0.491 e. The number of primary amides is 2. The van der Waals surface area contributed by atoms with Crippen LogP contribution < -0.4 is 60.7 Å². The second kappa shape index (κ2) is 66.8. The van der Waals surface area contributed by atoms with Gasteiger partial charge in [-0.3, -0.25) is 4.79 Å². The van der Waals surface area contributed by atoms with Crippen molar-refractivity contribution in [2.45, 2.75) is 123 Å². The summed E-state index contributed by atoms with van der Waals surface area (Å²) in [6.07, 6.45) is 7.56. The van der Waals surface area contributed by atoms with E-state index in [1.165, 1.54) is 102 Å². The Morgan fingerprint density at radius 3 is 1.24 bits per heavy atom. The molecule has 2 amide bonds. The molecule has 11 aromatic rings. The van der Waals surface area contributed by atoms with Gasteiger partial charge >= 0.3 is 30.1 Å². The maximum absolute atomic E-state index is 12.5. The zero-order valence-electron chi connectivity index (χ0n) is 80.4. The Hall–Kier alpha value is 3.28. The first-order valence-electron chi connectivity index (χ1n) is 45.2. The number of esters is 3. The molecule has 14 rings (SSSR count). The van der Waals surface area contributed by atoms with Gasteiger partial charge in [-0.05, 0) is 685 Å². The van der Waals surface area contributed by atoms with Crippen LogP contribution in [0.15, 0.2) is 170 Å². The van der Waals surface area contributed by atoms with Gasteiger partial charge in [0.15, 0.2) is 11.5 Å². The molecule has 0 unspecified atom stereocenters. The number of nitrogens with zero attached hydrogens (tertiary/aromatic N) is 1. The van der Waals surface area contributed by atoms with E-state index in [-0.39, 0.29) is 30.0 Å². The van der Waals surface area contributed by atoms with Gasteiger partial charge in [-0.15, -0.1) is 0 Å². The molecule has 2 saturated heterocycles. The van der Waals surface area contributed by atoms with E-state index in [1.54, 1.807) is 34.5 Å². The van der Waals surface area contributed by atoms with Crippen LogP contribution in [-0.4, -0.2) is 133 Å². The van der Waals surface area contributed by atoms with Crippen LogP contribution in [-0.2, 0) is 32.2 Å². The number of amides is 2. The molecule has 0 radical (unpaired) electrons. The molecule has 3 aliphatic rings. The van der Waals surface area contributed by atoms with Crippen molar-refractivity contribution in [3.05, 3.63) is 267 Å². The summed E-state index contributed by atoms with van der Waals surface area (Å²) in [5.74, 6) is 5.82. The number of benzene rings is 11. The van der Waals surface area contributed by atoms with Crippen LogP contribution in [0.3, 0.4) is 0 Å². The zero-order valence-corrected chi connectivity index (χ0v) is 126. The first kappa shape index (κ1) is 133. The lowest BCUT2D eigenvalue weighted by molar-refractivity contribution is -0.886. The molecule has 3 fully saturated rings. The third-order valence-electron chi connectivity index (χ3n) is 21.5. The van der Waals surface area contributed by atoms with Crippen molar-refractivity contribution in [1.29, 1.82) is 0 Å². The number of carbonyl (C=O) groups is 5. The van der Waals surface area contributed by atoms with E-state index >= 15 is 0 Å². The van der Waals surface area contributed by atoms with E-state index in [0.717, 1.165) is 148 Å². The Labute approximate surface area is 1140 Å². The van der Waals surface area contributed by atoms with Gasteiger partial charge in [0.25, 0.3) is 0 Å². The fraction of sp³-hybridized carbons (Fsp3) is 0.330. The second-order valence-electron chi connectivity index (χ2n) is 36.6. The van der Waals surface area contributed by atoms with E-state index in [2.05, 4.69) is 610 Å². The first-order valence-corrected chi connectivity index (χ1v) is 67.9. The minimum atomic E-state index is -0.543. The number of nitrogens with two attached hydrogens (primary N) is 3. The van der Waals surface area contributed by atoms with Gasteiger partial charge < -0.3 is 68.8 Å². The number of piperidine rings is 2. The summed E-state index contributed by atoms with van der Waals surface area (Å²) in [5, 5.41) is 7.86. The molecular formula is C103H111I21N7O14+7. The molecule has 2 heterocycles. The third kappa shape index (κ3) is 48.5. The molecule has 13 N–H and O–H groups in total. The highest BCUT2D eigenvalue weighted by Crippen LogP contribution is 2.39. The van der Waals surface area contributed by atoms with Crippen molar-refractivity contribution in [3.63, 3.8) is 0 Å². The smallest absolute Gasteiger partial charge is 0.491 e. The molecule has 42 heteroatoms. The molecule has 0 atom stereocenters. The van der Waals surface area contributed by atoms with E-state index in [0.29, 0.717) is 48.1 Å². The summed E-state index contributed by atoms with van der Waals surface area (Å²) in [4.78, 5) is 62.4. The average molecular weight is 4340 g/mol. The number of hydrogen-bond donors (Lipinski definition) is 6. The molecule has 0 bridgehead atoms. The third-order valence-corrected chi connectivity index (χ3v) is 38.8. The lowest BCUT2D eigenvalue weighted by Crippen LogP contribution is -3.10. The second-order valence-corrected chi connectivity index (χ2v) is 61.5. The summed E-state index contributed by atoms with van der Waals surface area (Å²) in [7, 11) is 8.51. The highest BCUT2D eigenvalue weighted by molar-refractivity contribution is 14.1. The van der Waals surface area contributed by atoms with Gasteiger partial charge in [0, 0.05) is 100 Å². The Morgan fingerprint density at radius 2 is 0.807 bits per heavy atom. The average Bonchev–Trinajstić information content (AvgIpc) is 0.796. The monoisotopic (exact) mass is 4330 g/mol. The number of rotatable bonds is 22. The molecule has 1 aliphatic carbocycles. The van der Waals surface area contributed by atoms with Crippen molar-refractivity contribution in [2.75, 3.05) is 80.7 Å².